The van der Waals surface area contributed by atoms with Crippen molar-refractivity contribution in [3.05, 3.63) is 59.0 Å². The molecule has 3 amide bonds. The Labute approximate surface area is 173 Å². The second-order valence-corrected chi connectivity index (χ2v) is 7.68. The molecule has 0 bridgehead atoms. The Balaban J connectivity index is 1.40. The summed E-state index contributed by atoms with van der Waals surface area (Å²) in [6, 6.07) is 7.55. The summed E-state index contributed by atoms with van der Waals surface area (Å²) in [4.78, 5) is 52.6. The van der Waals surface area contributed by atoms with Crippen molar-refractivity contribution in [3.8, 4) is 0 Å². The lowest BCUT2D eigenvalue weighted by Crippen LogP contribution is -2.40. The lowest BCUT2D eigenvalue weighted by Gasteiger charge is -2.30. The van der Waals surface area contributed by atoms with Gasteiger partial charge in [-0.1, -0.05) is 6.92 Å². The van der Waals surface area contributed by atoms with Crippen molar-refractivity contribution in [2.45, 2.75) is 26.3 Å². The van der Waals surface area contributed by atoms with E-state index in [9.17, 15) is 19.2 Å². The molecule has 2 aromatic rings. The molecule has 1 aromatic carbocycles. The molecule has 0 aliphatic carbocycles. The molecule has 8 heteroatoms. The molecule has 0 N–H and O–H groups in total. The average molecular weight is 410 g/mol. The van der Waals surface area contributed by atoms with Crippen molar-refractivity contribution in [1.29, 1.82) is 0 Å². The number of imide groups is 1. The van der Waals surface area contributed by atoms with Crippen LogP contribution in [0, 0.1) is 5.92 Å². The first-order chi connectivity index (χ1) is 14.4. The molecule has 4 rings (SSSR count). The van der Waals surface area contributed by atoms with Crippen LogP contribution >= 0.6 is 0 Å². The van der Waals surface area contributed by atoms with Gasteiger partial charge in [-0.15, -0.1) is 0 Å². The number of ether oxygens (including phenoxy) is 1. The van der Waals surface area contributed by atoms with Crippen LogP contribution in [0.3, 0.4) is 0 Å². The topological polar surface area (TPSA) is 97.1 Å². The molecule has 0 radical (unpaired) electrons. The van der Waals surface area contributed by atoms with E-state index in [1.807, 2.05) is 0 Å². The highest BCUT2D eigenvalue weighted by molar-refractivity contribution is 6.21. The van der Waals surface area contributed by atoms with Crippen LogP contribution < -0.4 is 0 Å². The Bertz CT molecular complexity index is 989. The maximum Gasteiger partial charge on any atom is 0.338 e. The molecule has 30 heavy (non-hydrogen) atoms. The van der Waals surface area contributed by atoms with Gasteiger partial charge in [0, 0.05) is 13.1 Å². The summed E-state index contributed by atoms with van der Waals surface area (Å²) in [7, 11) is 0. The molecule has 3 heterocycles. The molecule has 0 saturated carbocycles. The van der Waals surface area contributed by atoms with Crippen molar-refractivity contribution in [2.75, 3.05) is 19.7 Å². The van der Waals surface area contributed by atoms with Crippen LogP contribution in [0.5, 0.6) is 0 Å². The number of furan rings is 1. The highest BCUT2D eigenvalue weighted by Crippen LogP contribution is 2.26. The molecule has 156 valence electrons. The molecule has 1 aromatic heterocycles. The number of hydrogen-bond acceptors (Lipinski definition) is 6. The number of carbonyl (C=O) groups is 4. The number of fused-ring (bicyclic) bond motifs is 1. The largest absolute Gasteiger partial charge is 0.467 e. The zero-order valence-corrected chi connectivity index (χ0v) is 16.6. The molecule has 2 aliphatic heterocycles. The zero-order valence-electron chi connectivity index (χ0n) is 16.6. The number of benzene rings is 1. The summed E-state index contributed by atoms with van der Waals surface area (Å²) in [5, 5.41) is 0. The molecule has 2 aliphatic rings. The summed E-state index contributed by atoms with van der Waals surface area (Å²) in [6.45, 7) is 3.15. The third kappa shape index (κ3) is 3.85. The van der Waals surface area contributed by atoms with E-state index < -0.39 is 17.8 Å². The van der Waals surface area contributed by atoms with E-state index in [0.717, 1.165) is 17.7 Å². The second kappa shape index (κ2) is 8.14. The third-order valence-corrected chi connectivity index (χ3v) is 5.56. The van der Waals surface area contributed by atoms with Gasteiger partial charge in [-0.05, 0) is 49.1 Å². The minimum atomic E-state index is -0.707. The van der Waals surface area contributed by atoms with E-state index in [4.69, 9.17) is 9.15 Å². The molecule has 8 nitrogen and oxygen atoms in total. The Morgan fingerprint density at radius 2 is 1.83 bits per heavy atom. The van der Waals surface area contributed by atoms with Crippen LogP contribution in [-0.2, 0) is 16.1 Å². The SMILES string of the molecule is CC1CCN(C(=O)COC(=O)c2ccc3c(c2)C(=O)N(Cc2ccco2)C3=O)CC1. The summed E-state index contributed by atoms with van der Waals surface area (Å²) in [5.41, 5.74) is 0.480. The fraction of sp³-hybridized carbons (Fsp3) is 0.364. The summed E-state index contributed by atoms with van der Waals surface area (Å²) in [5.74, 6) is -0.806. The average Bonchev–Trinajstić information content (AvgIpc) is 3.35. The molecular weight excluding hydrogens is 388 g/mol. The lowest BCUT2D eigenvalue weighted by molar-refractivity contribution is -0.135. The number of piperidine rings is 1. The van der Waals surface area contributed by atoms with Gasteiger partial charge in [-0.2, -0.15) is 0 Å². The van der Waals surface area contributed by atoms with Gasteiger partial charge in [0.15, 0.2) is 6.61 Å². The molecule has 0 atom stereocenters. The van der Waals surface area contributed by atoms with Crippen molar-refractivity contribution in [3.63, 3.8) is 0 Å². The monoisotopic (exact) mass is 410 g/mol. The van der Waals surface area contributed by atoms with Crippen LogP contribution in [0.15, 0.2) is 41.0 Å². The molecule has 1 fully saturated rings. The van der Waals surface area contributed by atoms with Crippen molar-refractivity contribution < 1.29 is 28.3 Å². The highest BCUT2D eigenvalue weighted by Gasteiger charge is 2.36. The van der Waals surface area contributed by atoms with E-state index in [0.29, 0.717) is 24.8 Å². The van der Waals surface area contributed by atoms with E-state index in [-0.39, 0.29) is 35.7 Å². The van der Waals surface area contributed by atoms with Crippen LogP contribution in [-0.4, -0.2) is 53.2 Å². The number of amides is 3. The van der Waals surface area contributed by atoms with Gasteiger partial charge in [0.2, 0.25) is 0 Å². The summed E-state index contributed by atoms with van der Waals surface area (Å²) in [6.07, 6.45) is 3.34. The van der Waals surface area contributed by atoms with Crippen LogP contribution in [0.1, 0.15) is 56.6 Å². The summed E-state index contributed by atoms with van der Waals surface area (Å²) >= 11 is 0. The second-order valence-electron chi connectivity index (χ2n) is 7.68. The normalized spacial score (nSPS) is 16.7. The minimum absolute atomic E-state index is 0.0160. The van der Waals surface area contributed by atoms with Gasteiger partial charge in [-0.25, -0.2) is 4.79 Å². The summed E-state index contributed by atoms with van der Waals surface area (Å²) < 4.78 is 10.4. The maximum absolute atomic E-state index is 12.7. The van der Waals surface area contributed by atoms with E-state index in [1.165, 1.54) is 24.5 Å². The predicted molar refractivity (Wildman–Crippen MR) is 105 cm³/mol. The molecule has 0 unspecified atom stereocenters. The fourth-order valence-electron chi connectivity index (χ4n) is 3.68. The number of likely N-dealkylation sites (tertiary alicyclic amines) is 1. The van der Waals surface area contributed by atoms with Gasteiger partial charge in [0.25, 0.3) is 17.7 Å². The first kappa shape index (κ1) is 19.9. The Kier molecular flexibility index (Phi) is 5.39. The number of carbonyl (C=O) groups excluding carboxylic acids is 4. The van der Waals surface area contributed by atoms with Crippen LogP contribution in [0.4, 0.5) is 0 Å². The maximum atomic E-state index is 12.7. The lowest BCUT2D eigenvalue weighted by atomic mass is 9.99. The van der Waals surface area contributed by atoms with E-state index >= 15 is 0 Å². The number of esters is 1. The fourth-order valence-corrected chi connectivity index (χ4v) is 3.68. The van der Waals surface area contributed by atoms with Gasteiger partial charge in [-0.3, -0.25) is 19.3 Å². The number of rotatable bonds is 5. The molecule has 0 spiro atoms. The standard InChI is InChI=1S/C22H22N2O6/c1-14-6-8-23(9-7-14)19(25)13-30-22(28)15-4-5-17-18(11-15)21(27)24(20(17)26)12-16-3-2-10-29-16/h2-5,10-11,14H,6-9,12-13H2,1H3. The third-order valence-electron chi connectivity index (χ3n) is 5.56. The van der Waals surface area contributed by atoms with E-state index in [1.54, 1.807) is 17.0 Å². The quantitative estimate of drug-likeness (QED) is 0.555. The molecule has 1 saturated heterocycles. The number of nitrogens with zero attached hydrogens (tertiary/aromatic N) is 2. The van der Waals surface area contributed by atoms with Gasteiger partial charge < -0.3 is 14.1 Å². The van der Waals surface area contributed by atoms with Crippen molar-refractivity contribution in [2.24, 2.45) is 5.92 Å². The van der Waals surface area contributed by atoms with Gasteiger partial charge >= 0.3 is 5.97 Å². The van der Waals surface area contributed by atoms with Gasteiger partial charge in [0.05, 0.1) is 29.5 Å². The Hall–Kier alpha value is -3.42. The van der Waals surface area contributed by atoms with Crippen molar-refractivity contribution in [1.82, 2.24) is 9.80 Å². The number of hydrogen-bond donors (Lipinski definition) is 0. The first-order valence-corrected chi connectivity index (χ1v) is 9.91. The smallest absolute Gasteiger partial charge is 0.338 e. The predicted octanol–water partition coefficient (Wildman–Crippen LogP) is 2.49. The first-order valence-electron chi connectivity index (χ1n) is 9.91. The highest BCUT2D eigenvalue weighted by atomic mass is 16.5. The van der Waals surface area contributed by atoms with Gasteiger partial charge in [0.1, 0.15) is 5.76 Å². The zero-order chi connectivity index (χ0) is 21.3. The van der Waals surface area contributed by atoms with E-state index in [2.05, 4.69) is 6.92 Å². The van der Waals surface area contributed by atoms with Crippen LogP contribution in [0.2, 0.25) is 0 Å². The minimum Gasteiger partial charge on any atom is -0.467 e. The van der Waals surface area contributed by atoms with Crippen molar-refractivity contribution >= 4 is 23.7 Å². The Morgan fingerprint density at radius 1 is 1.10 bits per heavy atom. The Morgan fingerprint density at radius 3 is 2.53 bits per heavy atom. The van der Waals surface area contributed by atoms with Crippen LogP contribution in [0.25, 0.3) is 0 Å². The molecular formula is C22H22N2O6.